The molecule has 9 nitrogen and oxygen atoms in total. The Labute approximate surface area is 142 Å². The first-order valence-corrected chi connectivity index (χ1v) is 7.86. The highest BCUT2D eigenvalue weighted by atomic mass is 16.6. The highest BCUT2D eigenvalue weighted by Crippen LogP contribution is 2.10. The number of rotatable bonds is 5. The number of ether oxygens (including phenoxy) is 1. The standard InChI is InChI=1S/C15H28N6O3/c1-9(2)10-17-11(21-20-10)18-12(22)19-15(6,7)8-16-13(23)24-14(3,4)5/h9H,8H2,1-7H3,(H,16,23)(H3,17,18,19,20,21,22). The van der Waals surface area contributed by atoms with Gasteiger partial charge in [-0.3, -0.25) is 10.4 Å². The molecule has 0 bridgehead atoms. The van der Waals surface area contributed by atoms with E-state index in [1.807, 2.05) is 13.8 Å². The van der Waals surface area contributed by atoms with Crippen LogP contribution in [0.15, 0.2) is 0 Å². The molecule has 0 aliphatic carbocycles. The van der Waals surface area contributed by atoms with Gasteiger partial charge in [0.2, 0.25) is 5.95 Å². The van der Waals surface area contributed by atoms with Crippen LogP contribution in [0.3, 0.4) is 0 Å². The van der Waals surface area contributed by atoms with Crippen molar-refractivity contribution in [3.8, 4) is 0 Å². The van der Waals surface area contributed by atoms with Crippen LogP contribution in [-0.2, 0) is 4.74 Å². The van der Waals surface area contributed by atoms with Crippen molar-refractivity contribution in [2.45, 2.75) is 65.5 Å². The lowest BCUT2D eigenvalue weighted by Gasteiger charge is -2.27. The van der Waals surface area contributed by atoms with Gasteiger partial charge in [-0.05, 0) is 34.6 Å². The number of hydrogen-bond donors (Lipinski definition) is 4. The molecule has 0 fully saturated rings. The third-order valence-corrected chi connectivity index (χ3v) is 2.80. The van der Waals surface area contributed by atoms with E-state index in [0.717, 1.165) is 0 Å². The largest absolute Gasteiger partial charge is 0.444 e. The Bertz CT molecular complexity index is 574. The van der Waals surface area contributed by atoms with Crippen molar-refractivity contribution < 1.29 is 14.3 Å². The van der Waals surface area contributed by atoms with Gasteiger partial charge >= 0.3 is 12.1 Å². The SMILES string of the molecule is CC(C)c1nc(NC(=O)NC(C)(C)CNC(=O)OC(C)(C)C)n[nH]1. The molecule has 0 aromatic carbocycles. The number of H-pyrrole nitrogens is 1. The number of carbonyl (C=O) groups excluding carboxylic acids is 2. The molecule has 0 unspecified atom stereocenters. The number of hydrogen-bond acceptors (Lipinski definition) is 5. The van der Waals surface area contributed by atoms with Crippen LogP contribution in [0.5, 0.6) is 0 Å². The summed E-state index contributed by atoms with van der Waals surface area (Å²) in [6.45, 7) is 13.1. The third kappa shape index (κ3) is 7.30. The van der Waals surface area contributed by atoms with Gasteiger partial charge in [0.05, 0.1) is 5.54 Å². The molecule has 1 rings (SSSR count). The molecule has 0 atom stereocenters. The van der Waals surface area contributed by atoms with Gasteiger partial charge < -0.3 is 15.4 Å². The summed E-state index contributed by atoms with van der Waals surface area (Å²) in [6.07, 6.45) is -0.534. The Morgan fingerprint density at radius 2 is 1.83 bits per heavy atom. The van der Waals surface area contributed by atoms with E-state index < -0.39 is 23.3 Å². The maximum Gasteiger partial charge on any atom is 0.407 e. The first-order valence-electron chi connectivity index (χ1n) is 7.86. The average Bonchev–Trinajstić information content (AvgIpc) is 2.82. The van der Waals surface area contributed by atoms with Crippen LogP contribution >= 0.6 is 0 Å². The van der Waals surface area contributed by atoms with Crippen molar-refractivity contribution >= 4 is 18.1 Å². The van der Waals surface area contributed by atoms with Gasteiger partial charge in [0, 0.05) is 12.5 Å². The molecule has 0 saturated carbocycles. The van der Waals surface area contributed by atoms with Crippen LogP contribution in [-0.4, -0.2) is 45.0 Å². The Balaban J connectivity index is 2.47. The normalized spacial score (nSPS) is 12.0. The molecule has 1 aromatic heterocycles. The Morgan fingerprint density at radius 1 is 1.21 bits per heavy atom. The Hall–Kier alpha value is -2.32. The predicted molar refractivity (Wildman–Crippen MR) is 90.9 cm³/mol. The van der Waals surface area contributed by atoms with Gasteiger partial charge in [-0.1, -0.05) is 13.8 Å². The van der Waals surface area contributed by atoms with Gasteiger partial charge in [-0.25, -0.2) is 9.59 Å². The highest BCUT2D eigenvalue weighted by Gasteiger charge is 2.24. The zero-order valence-corrected chi connectivity index (χ0v) is 15.4. The number of aromatic nitrogens is 3. The number of carbonyl (C=O) groups is 2. The second-order valence-electron chi connectivity index (χ2n) is 7.52. The minimum Gasteiger partial charge on any atom is -0.444 e. The van der Waals surface area contributed by atoms with Crippen molar-refractivity contribution in [2.75, 3.05) is 11.9 Å². The van der Waals surface area contributed by atoms with Crippen LogP contribution < -0.4 is 16.0 Å². The van der Waals surface area contributed by atoms with Gasteiger partial charge in [-0.2, -0.15) is 4.98 Å². The third-order valence-electron chi connectivity index (χ3n) is 2.80. The molecule has 9 heteroatoms. The van der Waals surface area contributed by atoms with E-state index in [9.17, 15) is 9.59 Å². The molecule has 0 aliphatic heterocycles. The fourth-order valence-electron chi connectivity index (χ4n) is 1.68. The van der Waals surface area contributed by atoms with Crippen LogP contribution in [0.1, 0.15) is 60.2 Å². The average molecular weight is 340 g/mol. The number of alkyl carbamates (subject to hydrolysis) is 1. The first-order chi connectivity index (χ1) is 10.9. The van der Waals surface area contributed by atoms with E-state index in [-0.39, 0.29) is 18.4 Å². The van der Waals surface area contributed by atoms with Crippen molar-refractivity contribution in [2.24, 2.45) is 0 Å². The molecule has 1 heterocycles. The summed E-state index contributed by atoms with van der Waals surface area (Å²) < 4.78 is 5.16. The van der Waals surface area contributed by atoms with E-state index in [4.69, 9.17) is 4.74 Å². The summed E-state index contributed by atoms with van der Waals surface area (Å²) in [7, 11) is 0. The van der Waals surface area contributed by atoms with Crippen LogP contribution in [0.4, 0.5) is 15.5 Å². The lowest BCUT2D eigenvalue weighted by molar-refractivity contribution is 0.0514. The van der Waals surface area contributed by atoms with E-state index in [1.54, 1.807) is 34.6 Å². The first kappa shape index (κ1) is 19.7. The molecular formula is C15H28N6O3. The molecule has 136 valence electrons. The highest BCUT2D eigenvalue weighted by molar-refractivity contribution is 5.87. The quantitative estimate of drug-likeness (QED) is 0.655. The number of nitrogens with one attached hydrogen (secondary N) is 4. The minimum absolute atomic E-state index is 0.186. The molecule has 1 aromatic rings. The van der Waals surface area contributed by atoms with Gasteiger partial charge in [0.1, 0.15) is 11.4 Å². The summed E-state index contributed by atoms with van der Waals surface area (Å²) in [5.74, 6) is 1.08. The van der Waals surface area contributed by atoms with Crippen molar-refractivity contribution in [3.63, 3.8) is 0 Å². The number of anilines is 1. The number of nitrogens with zero attached hydrogens (tertiary/aromatic N) is 2. The van der Waals surface area contributed by atoms with E-state index in [2.05, 4.69) is 31.1 Å². The molecule has 4 N–H and O–H groups in total. The van der Waals surface area contributed by atoms with Gasteiger partial charge in [0.25, 0.3) is 0 Å². The van der Waals surface area contributed by atoms with Gasteiger partial charge in [-0.15, -0.1) is 5.10 Å². The molecule has 0 saturated heterocycles. The monoisotopic (exact) mass is 340 g/mol. The van der Waals surface area contributed by atoms with Crippen LogP contribution in [0.25, 0.3) is 0 Å². The van der Waals surface area contributed by atoms with E-state index in [1.165, 1.54) is 0 Å². The minimum atomic E-state index is -0.682. The summed E-state index contributed by atoms with van der Waals surface area (Å²) in [4.78, 5) is 27.8. The van der Waals surface area contributed by atoms with E-state index in [0.29, 0.717) is 5.82 Å². The van der Waals surface area contributed by atoms with Crippen molar-refractivity contribution in [1.29, 1.82) is 0 Å². The molecule has 0 radical (unpaired) electrons. The summed E-state index contributed by atoms with van der Waals surface area (Å²) >= 11 is 0. The van der Waals surface area contributed by atoms with Crippen molar-refractivity contribution in [3.05, 3.63) is 5.82 Å². The lowest BCUT2D eigenvalue weighted by atomic mass is 10.1. The zero-order valence-electron chi connectivity index (χ0n) is 15.4. The number of aromatic amines is 1. The summed E-state index contributed by atoms with van der Waals surface area (Å²) in [5, 5.41) is 14.6. The Morgan fingerprint density at radius 3 is 2.33 bits per heavy atom. The maximum atomic E-state index is 12.0. The molecule has 0 aliphatic rings. The number of amides is 3. The fourth-order valence-corrected chi connectivity index (χ4v) is 1.68. The topological polar surface area (TPSA) is 121 Å². The fraction of sp³-hybridized carbons (Fsp3) is 0.733. The van der Waals surface area contributed by atoms with E-state index >= 15 is 0 Å². The maximum absolute atomic E-state index is 12.0. The van der Waals surface area contributed by atoms with Crippen LogP contribution in [0.2, 0.25) is 0 Å². The molecule has 0 spiro atoms. The molecular weight excluding hydrogens is 312 g/mol. The number of urea groups is 1. The smallest absolute Gasteiger partial charge is 0.407 e. The summed E-state index contributed by atoms with van der Waals surface area (Å²) in [5.41, 5.74) is -1.25. The van der Waals surface area contributed by atoms with Crippen LogP contribution in [0, 0.1) is 0 Å². The zero-order chi connectivity index (χ0) is 18.5. The molecule has 24 heavy (non-hydrogen) atoms. The second kappa shape index (κ2) is 7.50. The summed E-state index contributed by atoms with van der Waals surface area (Å²) in [6, 6.07) is -0.458. The predicted octanol–water partition coefficient (Wildman–Crippen LogP) is 2.35. The molecule has 3 amide bonds. The van der Waals surface area contributed by atoms with Gasteiger partial charge in [0.15, 0.2) is 0 Å². The lowest BCUT2D eigenvalue weighted by Crippen LogP contribution is -2.53. The Kier molecular flexibility index (Phi) is 6.16. The second-order valence-corrected chi connectivity index (χ2v) is 7.52. The van der Waals surface area contributed by atoms with Crippen molar-refractivity contribution in [1.82, 2.24) is 25.8 Å².